The first-order valence-electron chi connectivity index (χ1n) is 7.38. The molecule has 1 aromatic heterocycles. The molecule has 2 aliphatic heterocycles. The Hall–Kier alpha value is -1.81. The van der Waals surface area contributed by atoms with E-state index in [4.69, 9.17) is 0 Å². The number of nitrogens with zero attached hydrogens (tertiary/aromatic N) is 3. The number of nitrogens with one attached hydrogen (secondary N) is 1. The highest BCUT2D eigenvalue weighted by Crippen LogP contribution is 2.30. The number of piperazine rings is 1. The normalized spacial score (nSPS) is 26.1. The summed E-state index contributed by atoms with van der Waals surface area (Å²) in [6.45, 7) is 2.18. The van der Waals surface area contributed by atoms with Crippen LogP contribution in [0.3, 0.4) is 0 Å². The summed E-state index contributed by atoms with van der Waals surface area (Å²) in [5.74, 6) is 1.02. The van der Waals surface area contributed by atoms with Crippen LogP contribution in [0.4, 0.5) is 5.95 Å². The van der Waals surface area contributed by atoms with Gasteiger partial charge in [-0.1, -0.05) is 30.3 Å². The van der Waals surface area contributed by atoms with Gasteiger partial charge in [0.1, 0.15) is 0 Å². The van der Waals surface area contributed by atoms with Gasteiger partial charge in [-0.2, -0.15) is 0 Å². The van der Waals surface area contributed by atoms with Gasteiger partial charge in [0.2, 0.25) is 5.95 Å². The maximum absolute atomic E-state index is 4.59. The minimum absolute atomic E-state index is 0.694. The standard InChI is InChI=1S/C16H20N4/c1-19-13-7-8-14(19)11-20(10-13)16-17-9-15(18-16)12-5-3-2-4-6-12/h2-6,9,13-14H,7-8,10-11H2,1H3,(H,17,18). The van der Waals surface area contributed by atoms with Gasteiger partial charge in [-0.3, -0.25) is 4.90 Å². The molecular weight excluding hydrogens is 248 g/mol. The number of likely N-dealkylation sites (N-methyl/N-ethyl adjacent to an activating group) is 1. The molecule has 2 aliphatic rings. The lowest BCUT2D eigenvalue weighted by Crippen LogP contribution is -2.52. The number of aromatic nitrogens is 2. The third kappa shape index (κ3) is 1.91. The van der Waals surface area contributed by atoms with Crippen LogP contribution in [0.2, 0.25) is 0 Å². The Morgan fingerprint density at radius 2 is 1.80 bits per heavy atom. The van der Waals surface area contributed by atoms with Crippen LogP contribution in [0.25, 0.3) is 11.3 Å². The molecule has 4 heteroatoms. The first-order valence-corrected chi connectivity index (χ1v) is 7.38. The summed E-state index contributed by atoms with van der Waals surface area (Å²) in [4.78, 5) is 13.0. The third-order valence-corrected chi connectivity index (χ3v) is 4.79. The quantitative estimate of drug-likeness (QED) is 0.908. The van der Waals surface area contributed by atoms with Crippen LogP contribution in [0.5, 0.6) is 0 Å². The number of hydrogen-bond donors (Lipinski definition) is 1. The summed E-state index contributed by atoms with van der Waals surface area (Å²) in [5, 5.41) is 0. The summed E-state index contributed by atoms with van der Waals surface area (Å²) in [7, 11) is 2.26. The average Bonchev–Trinajstić information content (AvgIpc) is 3.03. The molecule has 20 heavy (non-hydrogen) atoms. The highest BCUT2D eigenvalue weighted by molar-refractivity contribution is 5.60. The average molecular weight is 268 g/mol. The van der Waals surface area contributed by atoms with E-state index in [1.54, 1.807) is 0 Å². The summed E-state index contributed by atoms with van der Waals surface area (Å²) in [5.41, 5.74) is 2.30. The van der Waals surface area contributed by atoms with Gasteiger partial charge >= 0.3 is 0 Å². The van der Waals surface area contributed by atoms with E-state index in [-0.39, 0.29) is 0 Å². The number of benzene rings is 1. The predicted molar refractivity (Wildman–Crippen MR) is 80.8 cm³/mol. The van der Waals surface area contributed by atoms with Gasteiger partial charge in [-0.15, -0.1) is 0 Å². The topological polar surface area (TPSA) is 35.2 Å². The van der Waals surface area contributed by atoms with Crippen molar-refractivity contribution in [2.75, 3.05) is 25.0 Å². The SMILES string of the molecule is CN1C2CCC1CN(c1ncc(-c3ccccc3)[nH]1)C2. The fraction of sp³-hybridized carbons (Fsp3) is 0.438. The van der Waals surface area contributed by atoms with Crippen LogP contribution in [0.1, 0.15) is 12.8 Å². The molecule has 2 bridgehead atoms. The molecule has 4 rings (SSSR count). The van der Waals surface area contributed by atoms with Crippen LogP contribution in [0, 0.1) is 0 Å². The fourth-order valence-corrected chi connectivity index (χ4v) is 3.52. The Labute approximate surface area is 119 Å². The molecule has 0 aliphatic carbocycles. The highest BCUT2D eigenvalue weighted by atomic mass is 15.4. The molecule has 104 valence electrons. The van der Waals surface area contributed by atoms with E-state index in [1.165, 1.54) is 18.4 Å². The van der Waals surface area contributed by atoms with Crippen LogP contribution in [-0.4, -0.2) is 47.1 Å². The summed E-state index contributed by atoms with van der Waals surface area (Å²) < 4.78 is 0. The molecule has 0 saturated carbocycles. The van der Waals surface area contributed by atoms with E-state index >= 15 is 0 Å². The molecule has 1 N–H and O–H groups in total. The van der Waals surface area contributed by atoms with E-state index in [2.05, 4.69) is 51.1 Å². The molecule has 2 unspecified atom stereocenters. The third-order valence-electron chi connectivity index (χ3n) is 4.79. The van der Waals surface area contributed by atoms with E-state index < -0.39 is 0 Å². The molecule has 2 fully saturated rings. The Bertz CT molecular complexity index is 578. The maximum Gasteiger partial charge on any atom is 0.203 e. The van der Waals surface area contributed by atoms with Gasteiger partial charge in [-0.25, -0.2) is 4.98 Å². The van der Waals surface area contributed by atoms with Crippen molar-refractivity contribution < 1.29 is 0 Å². The molecule has 2 aromatic rings. The van der Waals surface area contributed by atoms with Gasteiger partial charge in [-0.05, 0) is 25.5 Å². The molecule has 1 aromatic carbocycles. The van der Waals surface area contributed by atoms with Crippen molar-refractivity contribution in [1.82, 2.24) is 14.9 Å². The number of anilines is 1. The smallest absolute Gasteiger partial charge is 0.203 e. The fourth-order valence-electron chi connectivity index (χ4n) is 3.52. The molecule has 2 atom stereocenters. The van der Waals surface area contributed by atoms with Crippen molar-refractivity contribution in [1.29, 1.82) is 0 Å². The van der Waals surface area contributed by atoms with Crippen LogP contribution in [0.15, 0.2) is 36.5 Å². The Morgan fingerprint density at radius 3 is 2.50 bits per heavy atom. The number of fused-ring (bicyclic) bond motifs is 2. The van der Waals surface area contributed by atoms with E-state index in [1.807, 2.05) is 12.3 Å². The predicted octanol–water partition coefficient (Wildman–Crippen LogP) is 2.36. The summed E-state index contributed by atoms with van der Waals surface area (Å²) in [6, 6.07) is 11.8. The molecule has 0 amide bonds. The zero-order valence-corrected chi connectivity index (χ0v) is 11.8. The van der Waals surface area contributed by atoms with E-state index in [0.717, 1.165) is 24.7 Å². The van der Waals surface area contributed by atoms with Crippen molar-refractivity contribution in [2.45, 2.75) is 24.9 Å². The summed E-state index contributed by atoms with van der Waals surface area (Å²) in [6.07, 6.45) is 4.60. The zero-order valence-electron chi connectivity index (χ0n) is 11.8. The molecule has 3 heterocycles. The first-order chi connectivity index (χ1) is 9.81. The van der Waals surface area contributed by atoms with Crippen LogP contribution >= 0.6 is 0 Å². The second kappa shape index (κ2) is 4.63. The lowest BCUT2D eigenvalue weighted by Gasteiger charge is -2.38. The Balaban J connectivity index is 1.57. The first kappa shape index (κ1) is 12.0. The van der Waals surface area contributed by atoms with E-state index in [9.17, 15) is 0 Å². The molecule has 0 spiro atoms. The van der Waals surface area contributed by atoms with Gasteiger partial charge < -0.3 is 9.88 Å². The molecule has 0 radical (unpaired) electrons. The van der Waals surface area contributed by atoms with Crippen molar-refractivity contribution in [3.05, 3.63) is 36.5 Å². The molecule has 4 nitrogen and oxygen atoms in total. The van der Waals surface area contributed by atoms with Crippen LogP contribution < -0.4 is 4.90 Å². The van der Waals surface area contributed by atoms with Crippen LogP contribution in [-0.2, 0) is 0 Å². The monoisotopic (exact) mass is 268 g/mol. The Kier molecular flexibility index (Phi) is 2.77. The number of hydrogen-bond acceptors (Lipinski definition) is 3. The lowest BCUT2D eigenvalue weighted by molar-refractivity contribution is 0.211. The highest BCUT2D eigenvalue weighted by Gasteiger charge is 2.38. The number of rotatable bonds is 2. The zero-order chi connectivity index (χ0) is 13.5. The minimum Gasteiger partial charge on any atom is -0.339 e. The second-order valence-corrected chi connectivity index (χ2v) is 5.94. The van der Waals surface area contributed by atoms with Gasteiger partial charge in [0.05, 0.1) is 11.9 Å². The minimum atomic E-state index is 0.694. The van der Waals surface area contributed by atoms with Gasteiger partial charge in [0.25, 0.3) is 0 Å². The largest absolute Gasteiger partial charge is 0.339 e. The van der Waals surface area contributed by atoms with Gasteiger partial charge in [0.15, 0.2) is 0 Å². The second-order valence-electron chi connectivity index (χ2n) is 5.94. The molecular formula is C16H20N4. The van der Waals surface area contributed by atoms with Crippen molar-refractivity contribution in [3.63, 3.8) is 0 Å². The van der Waals surface area contributed by atoms with E-state index in [0.29, 0.717) is 12.1 Å². The number of aromatic amines is 1. The van der Waals surface area contributed by atoms with Crippen molar-refractivity contribution in [2.24, 2.45) is 0 Å². The van der Waals surface area contributed by atoms with Crippen molar-refractivity contribution >= 4 is 5.95 Å². The number of H-pyrrole nitrogens is 1. The number of imidazole rings is 1. The lowest BCUT2D eigenvalue weighted by atomic mass is 10.2. The maximum atomic E-state index is 4.59. The van der Waals surface area contributed by atoms with Crippen molar-refractivity contribution in [3.8, 4) is 11.3 Å². The van der Waals surface area contributed by atoms with Gasteiger partial charge in [0, 0.05) is 25.2 Å². The summed E-state index contributed by atoms with van der Waals surface area (Å²) >= 11 is 0. The molecule has 2 saturated heterocycles. The Morgan fingerprint density at radius 1 is 1.10 bits per heavy atom.